The number of ether oxygens (including phenoxy) is 1. The highest BCUT2D eigenvalue weighted by atomic mass is 32.1. The molecule has 0 saturated carbocycles. The molecule has 0 spiro atoms. The summed E-state index contributed by atoms with van der Waals surface area (Å²) in [5.74, 6) is 0.921. The van der Waals surface area contributed by atoms with Crippen LogP contribution in [0.1, 0.15) is 35.5 Å². The Bertz CT molecular complexity index is 707. The lowest BCUT2D eigenvalue weighted by atomic mass is 10.1. The maximum absolute atomic E-state index is 12.4. The van der Waals surface area contributed by atoms with E-state index in [2.05, 4.69) is 30.1 Å². The van der Waals surface area contributed by atoms with Crippen LogP contribution in [-0.2, 0) is 6.61 Å². The molecule has 2 heterocycles. The third-order valence-electron chi connectivity index (χ3n) is 4.38. The van der Waals surface area contributed by atoms with E-state index in [1.54, 1.807) is 11.3 Å². The molecule has 0 radical (unpaired) electrons. The number of hydrogen-bond acceptors (Lipinski definition) is 4. The van der Waals surface area contributed by atoms with Crippen LogP contribution >= 0.6 is 11.3 Å². The quantitative estimate of drug-likeness (QED) is 0.778. The van der Waals surface area contributed by atoms with Crippen LogP contribution in [0.15, 0.2) is 30.3 Å². The minimum absolute atomic E-state index is 0.0198. The molecule has 4 nitrogen and oxygen atoms in total. The molecule has 2 aromatic rings. The summed E-state index contributed by atoms with van der Waals surface area (Å²) in [6.45, 7) is 8.72. The van der Waals surface area contributed by atoms with Crippen LogP contribution in [0.2, 0.25) is 0 Å². The molecule has 0 aliphatic carbocycles. The first-order chi connectivity index (χ1) is 11.7. The molecule has 0 unspecified atom stereocenters. The highest BCUT2D eigenvalue weighted by Crippen LogP contribution is 2.42. The number of carbonyl (C=O) groups is 1. The van der Waals surface area contributed by atoms with Crippen molar-refractivity contribution in [3.63, 3.8) is 0 Å². The zero-order valence-electron chi connectivity index (χ0n) is 14.3. The summed E-state index contributed by atoms with van der Waals surface area (Å²) in [7, 11) is 0. The molecular formula is C19H24N2O2S. The van der Waals surface area contributed by atoms with Crippen molar-refractivity contribution in [2.45, 2.75) is 26.9 Å². The summed E-state index contributed by atoms with van der Waals surface area (Å²) >= 11 is 1.56. The number of benzene rings is 1. The summed E-state index contributed by atoms with van der Waals surface area (Å²) in [5, 5.41) is 3.04. The smallest absolute Gasteiger partial charge is 0.261 e. The van der Waals surface area contributed by atoms with Crippen molar-refractivity contribution in [1.29, 1.82) is 0 Å². The predicted molar refractivity (Wildman–Crippen MR) is 98.8 cm³/mol. The average molecular weight is 344 g/mol. The van der Waals surface area contributed by atoms with E-state index >= 15 is 0 Å². The van der Waals surface area contributed by atoms with E-state index in [4.69, 9.17) is 4.74 Å². The number of thiophene rings is 1. The van der Waals surface area contributed by atoms with Crippen LogP contribution in [-0.4, -0.2) is 37.0 Å². The average Bonchev–Trinajstić information content (AvgIpc) is 3.06. The second kappa shape index (κ2) is 7.81. The van der Waals surface area contributed by atoms with Crippen molar-refractivity contribution in [1.82, 2.24) is 10.2 Å². The zero-order valence-corrected chi connectivity index (χ0v) is 15.1. The van der Waals surface area contributed by atoms with Gasteiger partial charge in [0.05, 0.1) is 4.88 Å². The topological polar surface area (TPSA) is 41.6 Å². The number of carbonyl (C=O) groups excluding carboxylic acids is 1. The molecule has 1 aliphatic rings. The SMILES string of the molecule is CCN(CC)CCCNC(=O)c1cc2c(s1)-c1ccccc1OC2. The van der Waals surface area contributed by atoms with Crippen LogP contribution in [0.3, 0.4) is 0 Å². The minimum Gasteiger partial charge on any atom is -0.488 e. The Morgan fingerprint density at radius 2 is 2.08 bits per heavy atom. The lowest BCUT2D eigenvalue weighted by molar-refractivity contribution is 0.0956. The molecule has 0 saturated heterocycles. The summed E-state index contributed by atoms with van der Waals surface area (Å²) in [6, 6.07) is 9.97. The molecule has 24 heavy (non-hydrogen) atoms. The van der Waals surface area contributed by atoms with E-state index in [0.717, 1.165) is 52.7 Å². The number of para-hydroxylation sites is 1. The maximum atomic E-state index is 12.4. The van der Waals surface area contributed by atoms with Gasteiger partial charge in [0.25, 0.3) is 5.91 Å². The lowest BCUT2D eigenvalue weighted by Gasteiger charge is -2.17. The Hall–Kier alpha value is -1.85. The number of fused-ring (bicyclic) bond motifs is 3. The van der Waals surface area contributed by atoms with Crippen LogP contribution in [0.5, 0.6) is 5.75 Å². The Balaban J connectivity index is 1.61. The number of amides is 1. The molecule has 0 fully saturated rings. The Morgan fingerprint density at radius 3 is 2.88 bits per heavy atom. The molecule has 5 heteroatoms. The Labute approximate surface area is 147 Å². The summed E-state index contributed by atoms with van der Waals surface area (Å²) in [4.78, 5) is 16.7. The fourth-order valence-corrected chi connectivity index (χ4v) is 4.06. The second-order valence-electron chi connectivity index (χ2n) is 5.89. The Morgan fingerprint density at radius 1 is 1.29 bits per heavy atom. The summed E-state index contributed by atoms with van der Waals surface area (Å²) < 4.78 is 5.76. The van der Waals surface area contributed by atoms with Crippen LogP contribution in [0.4, 0.5) is 0 Å². The molecule has 1 aromatic heterocycles. The molecule has 128 valence electrons. The molecule has 1 amide bonds. The second-order valence-corrected chi connectivity index (χ2v) is 6.94. The van der Waals surface area contributed by atoms with E-state index in [9.17, 15) is 4.79 Å². The standard InChI is InChI=1S/C19H24N2O2S/c1-3-21(4-2)11-7-10-20-19(22)17-12-14-13-23-16-9-6-5-8-15(16)18(14)24-17/h5-6,8-9,12H,3-4,7,10-11,13H2,1-2H3,(H,20,22). The van der Waals surface area contributed by atoms with Crippen LogP contribution < -0.4 is 10.1 Å². The molecular weight excluding hydrogens is 320 g/mol. The van der Waals surface area contributed by atoms with Gasteiger partial charge in [-0.3, -0.25) is 4.79 Å². The monoisotopic (exact) mass is 344 g/mol. The first kappa shape index (κ1) is 17.0. The van der Waals surface area contributed by atoms with Crippen molar-refractivity contribution in [2.24, 2.45) is 0 Å². The normalized spacial score (nSPS) is 12.5. The molecule has 1 aliphatic heterocycles. The lowest BCUT2D eigenvalue weighted by Crippen LogP contribution is -2.29. The van der Waals surface area contributed by atoms with Gasteiger partial charge in [0.15, 0.2) is 0 Å². The van der Waals surface area contributed by atoms with Gasteiger partial charge in [-0.1, -0.05) is 26.0 Å². The highest BCUT2D eigenvalue weighted by molar-refractivity contribution is 7.17. The van der Waals surface area contributed by atoms with Crippen molar-refractivity contribution >= 4 is 17.2 Å². The van der Waals surface area contributed by atoms with E-state index in [1.807, 2.05) is 24.3 Å². The van der Waals surface area contributed by atoms with Gasteiger partial charge >= 0.3 is 0 Å². The van der Waals surface area contributed by atoms with Gasteiger partial charge in [-0.25, -0.2) is 0 Å². The van der Waals surface area contributed by atoms with Crippen molar-refractivity contribution in [3.8, 4) is 16.2 Å². The number of rotatable bonds is 7. The summed E-state index contributed by atoms with van der Waals surface area (Å²) in [5.41, 5.74) is 2.19. The van der Waals surface area contributed by atoms with Crippen molar-refractivity contribution in [3.05, 3.63) is 40.8 Å². The van der Waals surface area contributed by atoms with Gasteiger partial charge in [0, 0.05) is 22.5 Å². The van der Waals surface area contributed by atoms with E-state index in [1.165, 1.54) is 0 Å². The van der Waals surface area contributed by atoms with Gasteiger partial charge in [-0.2, -0.15) is 0 Å². The van der Waals surface area contributed by atoms with Crippen molar-refractivity contribution < 1.29 is 9.53 Å². The summed E-state index contributed by atoms with van der Waals surface area (Å²) in [6.07, 6.45) is 0.977. The fourth-order valence-electron chi connectivity index (χ4n) is 2.94. The number of nitrogens with zero attached hydrogens (tertiary/aromatic N) is 1. The van der Waals surface area contributed by atoms with Gasteiger partial charge in [0.2, 0.25) is 0 Å². The zero-order chi connectivity index (χ0) is 16.9. The molecule has 1 N–H and O–H groups in total. The first-order valence-corrected chi connectivity index (χ1v) is 9.40. The third-order valence-corrected chi connectivity index (χ3v) is 5.59. The molecule has 3 rings (SSSR count). The molecule has 0 bridgehead atoms. The van der Waals surface area contributed by atoms with E-state index in [-0.39, 0.29) is 5.91 Å². The van der Waals surface area contributed by atoms with Crippen molar-refractivity contribution in [2.75, 3.05) is 26.2 Å². The van der Waals surface area contributed by atoms with E-state index in [0.29, 0.717) is 13.2 Å². The van der Waals surface area contributed by atoms with Gasteiger partial charge in [-0.05, 0) is 44.3 Å². The molecule has 1 aromatic carbocycles. The molecule has 0 atom stereocenters. The van der Waals surface area contributed by atoms with Gasteiger partial charge < -0.3 is 15.0 Å². The predicted octanol–water partition coefficient (Wildman–Crippen LogP) is 3.77. The minimum atomic E-state index is 0.0198. The largest absolute Gasteiger partial charge is 0.488 e. The van der Waals surface area contributed by atoms with Gasteiger partial charge in [-0.15, -0.1) is 11.3 Å². The fraction of sp³-hybridized carbons (Fsp3) is 0.421. The first-order valence-electron chi connectivity index (χ1n) is 8.58. The number of nitrogens with one attached hydrogen (secondary N) is 1. The third kappa shape index (κ3) is 3.62. The highest BCUT2D eigenvalue weighted by Gasteiger charge is 2.22. The van der Waals surface area contributed by atoms with Gasteiger partial charge in [0.1, 0.15) is 12.4 Å². The van der Waals surface area contributed by atoms with Crippen LogP contribution in [0.25, 0.3) is 10.4 Å². The number of hydrogen-bond donors (Lipinski definition) is 1. The van der Waals surface area contributed by atoms with E-state index < -0.39 is 0 Å². The van der Waals surface area contributed by atoms with Crippen LogP contribution in [0, 0.1) is 0 Å². The maximum Gasteiger partial charge on any atom is 0.261 e. The Kier molecular flexibility index (Phi) is 5.53.